The van der Waals surface area contributed by atoms with Crippen molar-refractivity contribution >= 4 is 29.0 Å². The maximum absolute atomic E-state index is 14.0. The first-order chi connectivity index (χ1) is 19.8. The van der Waals surface area contributed by atoms with E-state index in [1.165, 1.54) is 18.1 Å². The number of ether oxygens (including phenoxy) is 1. The van der Waals surface area contributed by atoms with Crippen LogP contribution in [0, 0.1) is 11.8 Å². The summed E-state index contributed by atoms with van der Waals surface area (Å²) in [6, 6.07) is 5.30. The van der Waals surface area contributed by atoms with E-state index < -0.39 is 58.0 Å². The second kappa shape index (κ2) is 10.5. The summed E-state index contributed by atoms with van der Waals surface area (Å²) in [6.07, 6.45) is 1.79. The Labute approximate surface area is 240 Å². The lowest BCUT2D eigenvalue weighted by Crippen LogP contribution is -2.65. The topological polar surface area (TPSA) is 201 Å². The number of aromatic hydroxyl groups is 1. The number of benzene rings is 1. The van der Waals surface area contributed by atoms with Gasteiger partial charge in [0.05, 0.1) is 18.0 Å². The summed E-state index contributed by atoms with van der Waals surface area (Å²) < 4.78 is 4.86. The molecule has 42 heavy (non-hydrogen) atoms. The Balaban J connectivity index is 1.63. The Morgan fingerprint density at radius 2 is 1.86 bits per heavy atom. The molecule has 220 valence electrons. The molecule has 1 saturated carbocycles. The summed E-state index contributed by atoms with van der Waals surface area (Å²) in [5.41, 5.74) is 3.88. The van der Waals surface area contributed by atoms with Gasteiger partial charge in [0.15, 0.2) is 17.2 Å². The number of primary amides is 1. The minimum Gasteiger partial charge on any atom is -0.508 e. The van der Waals surface area contributed by atoms with Gasteiger partial charge in [0.1, 0.15) is 29.4 Å². The zero-order chi connectivity index (χ0) is 30.7. The number of pyridine rings is 1. The number of methoxy groups -OCH3 is 1. The van der Waals surface area contributed by atoms with Crippen molar-refractivity contribution in [2.24, 2.45) is 17.6 Å². The number of nitrogens with two attached hydrogens (primary N) is 1. The minimum atomic E-state index is -2.70. The van der Waals surface area contributed by atoms with Gasteiger partial charge in [-0.2, -0.15) is 0 Å². The van der Waals surface area contributed by atoms with Crippen molar-refractivity contribution in [1.29, 1.82) is 0 Å². The fraction of sp³-hybridized carbons (Fsp3) is 0.367. The van der Waals surface area contributed by atoms with Gasteiger partial charge < -0.3 is 30.9 Å². The predicted molar refractivity (Wildman–Crippen MR) is 148 cm³/mol. The molecular weight excluding hydrogens is 546 g/mol. The summed E-state index contributed by atoms with van der Waals surface area (Å²) in [5.74, 6) is -7.18. The third-order valence-corrected chi connectivity index (χ3v) is 8.42. The molecular formula is C30H31N3O9. The first-order valence-electron chi connectivity index (χ1n) is 13.3. The van der Waals surface area contributed by atoms with E-state index in [2.05, 4.69) is 4.98 Å². The summed E-state index contributed by atoms with van der Waals surface area (Å²) in [6.45, 7) is -0.0310. The van der Waals surface area contributed by atoms with Crippen LogP contribution in [0.3, 0.4) is 0 Å². The molecule has 0 spiro atoms. The third-order valence-electron chi connectivity index (χ3n) is 8.42. The van der Waals surface area contributed by atoms with Crippen LogP contribution in [-0.2, 0) is 36.8 Å². The first kappa shape index (κ1) is 29.1. The molecule has 1 aromatic carbocycles. The van der Waals surface area contributed by atoms with E-state index in [0.717, 1.165) is 0 Å². The largest absolute Gasteiger partial charge is 0.508 e. The van der Waals surface area contributed by atoms with E-state index in [1.807, 2.05) is 0 Å². The fourth-order valence-electron chi connectivity index (χ4n) is 6.62. The van der Waals surface area contributed by atoms with Crippen LogP contribution < -0.4 is 5.73 Å². The van der Waals surface area contributed by atoms with Crippen molar-refractivity contribution in [3.05, 3.63) is 64.2 Å². The number of amides is 1. The smallest absolute Gasteiger partial charge is 0.255 e. The molecule has 1 fully saturated rings. The number of fused-ring (bicyclic) bond motifs is 3. The molecule has 3 aliphatic carbocycles. The number of aromatic nitrogens is 1. The van der Waals surface area contributed by atoms with Crippen LogP contribution in [0.15, 0.2) is 47.4 Å². The number of Topliss-reactive ketones (excluding diaryl/α,β-unsaturated/α-hetero) is 3. The normalized spacial score (nSPS) is 25.3. The lowest BCUT2D eigenvalue weighted by molar-refractivity contribution is -0.153. The van der Waals surface area contributed by atoms with Crippen molar-refractivity contribution in [1.82, 2.24) is 9.88 Å². The number of phenolic OH excluding ortho intramolecular Hbond substituents is 1. The maximum Gasteiger partial charge on any atom is 0.255 e. The molecule has 5 rings (SSSR count). The lowest BCUT2D eigenvalue weighted by Gasteiger charge is -2.50. The number of rotatable bonds is 7. The molecule has 4 atom stereocenters. The average Bonchev–Trinajstić information content (AvgIpc) is 2.91. The zero-order valence-electron chi connectivity index (χ0n) is 23.2. The maximum atomic E-state index is 14.0. The van der Waals surface area contributed by atoms with Crippen LogP contribution in [0.2, 0.25) is 0 Å². The number of ketones is 3. The summed E-state index contributed by atoms with van der Waals surface area (Å²) in [5, 5.41) is 44.9. The van der Waals surface area contributed by atoms with Gasteiger partial charge >= 0.3 is 0 Å². The SMILES string of the molecule is COCC(=O)Cc1ccc(-c2ccc(O)c3c2CC2CC4C(N(C)C)C(=O)C(C(N)=O)=C(O)C4(O)C(=O)C2=C3O)cn1. The highest BCUT2D eigenvalue weighted by Gasteiger charge is 2.64. The number of carbonyl (C=O) groups is 4. The molecule has 0 saturated heterocycles. The number of carbonyl (C=O) groups excluding carboxylic acids is 4. The Kier molecular flexibility index (Phi) is 7.25. The molecule has 1 amide bonds. The highest BCUT2D eigenvalue weighted by Crippen LogP contribution is 2.53. The molecule has 0 radical (unpaired) electrons. The number of hydrogen-bond acceptors (Lipinski definition) is 11. The summed E-state index contributed by atoms with van der Waals surface area (Å²) in [4.78, 5) is 57.1. The van der Waals surface area contributed by atoms with E-state index >= 15 is 0 Å². The van der Waals surface area contributed by atoms with Crippen LogP contribution in [-0.4, -0.2) is 93.0 Å². The van der Waals surface area contributed by atoms with Crippen molar-refractivity contribution in [3.63, 3.8) is 0 Å². The molecule has 0 aliphatic heterocycles. The van der Waals surface area contributed by atoms with Gasteiger partial charge in [0.25, 0.3) is 5.91 Å². The average molecular weight is 578 g/mol. The first-order valence-corrected chi connectivity index (χ1v) is 13.3. The van der Waals surface area contributed by atoms with E-state index in [1.54, 1.807) is 38.5 Å². The molecule has 12 heteroatoms. The van der Waals surface area contributed by atoms with Crippen LogP contribution in [0.25, 0.3) is 16.9 Å². The van der Waals surface area contributed by atoms with Crippen LogP contribution in [0.5, 0.6) is 5.75 Å². The van der Waals surface area contributed by atoms with Gasteiger partial charge in [-0.1, -0.05) is 12.1 Å². The number of aliphatic hydroxyl groups excluding tert-OH is 2. The standard InChI is InChI=1S/C30H31N3O9/c1-33(2)24-19-9-14-8-18-17(13-4-5-15(32-11-13)10-16(34)12-42-3)6-7-20(35)22(18)25(36)21(14)27(38)30(19,41)28(39)23(26(24)37)29(31)40/h4-7,11,14,19,24,35-36,39,41H,8-10,12H2,1-3H3,(H2,31,40). The van der Waals surface area contributed by atoms with Crippen molar-refractivity contribution in [2.75, 3.05) is 27.8 Å². The molecule has 3 aliphatic rings. The van der Waals surface area contributed by atoms with Crippen LogP contribution >= 0.6 is 0 Å². The number of nitrogens with zero attached hydrogens (tertiary/aromatic N) is 2. The van der Waals surface area contributed by atoms with E-state index in [-0.39, 0.29) is 48.5 Å². The van der Waals surface area contributed by atoms with Crippen LogP contribution in [0.1, 0.15) is 23.2 Å². The fourth-order valence-corrected chi connectivity index (χ4v) is 6.62. The highest BCUT2D eigenvalue weighted by molar-refractivity contribution is 6.24. The van der Waals surface area contributed by atoms with E-state index in [9.17, 15) is 39.6 Å². The van der Waals surface area contributed by atoms with E-state index in [4.69, 9.17) is 10.5 Å². The van der Waals surface area contributed by atoms with Gasteiger partial charge in [0.2, 0.25) is 5.78 Å². The lowest BCUT2D eigenvalue weighted by atomic mass is 9.57. The van der Waals surface area contributed by atoms with Gasteiger partial charge in [-0.15, -0.1) is 0 Å². The number of phenols is 1. The van der Waals surface area contributed by atoms with Gasteiger partial charge in [-0.05, 0) is 56.1 Å². The number of aliphatic hydroxyl groups is 3. The van der Waals surface area contributed by atoms with Gasteiger partial charge in [-0.25, -0.2) is 0 Å². The Hall–Kier alpha value is -4.39. The molecule has 12 nitrogen and oxygen atoms in total. The Bertz CT molecular complexity index is 1590. The monoisotopic (exact) mass is 577 g/mol. The summed E-state index contributed by atoms with van der Waals surface area (Å²) >= 11 is 0. The van der Waals surface area contributed by atoms with E-state index in [0.29, 0.717) is 22.4 Å². The molecule has 2 aromatic rings. The van der Waals surface area contributed by atoms with Gasteiger partial charge in [0, 0.05) is 36.1 Å². The predicted octanol–water partition coefficient (Wildman–Crippen LogP) is 0.784. The summed E-state index contributed by atoms with van der Waals surface area (Å²) in [7, 11) is 4.52. The Morgan fingerprint density at radius 3 is 2.45 bits per heavy atom. The molecule has 1 aromatic heterocycles. The zero-order valence-corrected chi connectivity index (χ0v) is 23.2. The molecule has 6 N–H and O–H groups in total. The second-order valence-corrected chi connectivity index (χ2v) is 11.1. The third kappa shape index (κ3) is 4.30. The highest BCUT2D eigenvalue weighted by atomic mass is 16.5. The molecule has 0 bridgehead atoms. The molecule has 4 unspecified atom stereocenters. The minimum absolute atomic E-state index is 0.0110. The second-order valence-electron chi connectivity index (χ2n) is 11.1. The van der Waals surface area contributed by atoms with Crippen molar-refractivity contribution in [2.45, 2.75) is 30.9 Å². The number of hydrogen-bond donors (Lipinski definition) is 5. The van der Waals surface area contributed by atoms with Gasteiger partial charge in [-0.3, -0.25) is 29.1 Å². The Morgan fingerprint density at radius 1 is 1.14 bits per heavy atom. The van der Waals surface area contributed by atoms with Crippen LogP contribution in [0.4, 0.5) is 0 Å². The number of likely N-dealkylation sites (N-methyl/N-ethyl adjacent to an activating group) is 1. The molecule has 1 heterocycles. The quantitative estimate of drug-likeness (QED) is 0.291. The van der Waals surface area contributed by atoms with Crippen molar-refractivity contribution in [3.8, 4) is 16.9 Å². The van der Waals surface area contributed by atoms with Crippen molar-refractivity contribution < 1.29 is 44.3 Å².